The Morgan fingerprint density at radius 1 is 1.03 bits per heavy atom. The van der Waals surface area contributed by atoms with Gasteiger partial charge < -0.3 is 32.3 Å². The van der Waals surface area contributed by atoms with E-state index in [1.807, 2.05) is 0 Å². The van der Waals surface area contributed by atoms with Gasteiger partial charge in [0.1, 0.15) is 6.04 Å². The number of amides is 1. The second kappa shape index (κ2) is 9.72. The average Bonchev–Trinajstić information content (AvgIpc) is 2.75. The van der Waals surface area contributed by atoms with Gasteiger partial charge in [-0.2, -0.15) is 9.97 Å². The molecular formula is C20H22N8O5. The molecule has 1 atom stereocenters. The maximum absolute atomic E-state index is 12.3. The Kier molecular flexibility index (Phi) is 6.81. The summed E-state index contributed by atoms with van der Waals surface area (Å²) in [5.41, 5.74) is 14.2. The van der Waals surface area contributed by atoms with Gasteiger partial charge in [0.15, 0.2) is 17.0 Å². The molecule has 0 saturated heterocycles. The lowest BCUT2D eigenvalue weighted by Crippen LogP contribution is -2.41. The van der Waals surface area contributed by atoms with Crippen LogP contribution in [-0.2, 0) is 16.1 Å². The van der Waals surface area contributed by atoms with Crippen molar-refractivity contribution in [2.24, 2.45) is 0 Å². The number of aryl methyl sites for hydroxylation is 1. The Balaban J connectivity index is 1.66. The molecule has 0 aliphatic rings. The molecule has 2 aromatic heterocycles. The molecule has 33 heavy (non-hydrogen) atoms. The first-order valence-corrected chi connectivity index (χ1v) is 9.79. The number of rotatable bonds is 9. The Labute approximate surface area is 187 Å². The smallest absolute Gasteiger partial charge is 0.326 e. The van der Waals surface area contributed by atoms with Crippen LogP contribution in [0.1, 0.15) is 34.6 Å². The highest BCUT2D eigenvalue weighted by Crippen LogP contribution is 2.18. The highest BCUT2D eigenvalue weighted by Gasteiger charge is 2.21. The molecular weight excluding hydrogens is 432 g/mol. The van der Waals surface area contributed by atoms with Crippen LogP contribution in [0.5, 0.6) is 0 Å². The summed E-state index contributed by atoms with van der Waals surface area (Å²) in [6.45, 7) is 2.08. The van der Waals surface area contributed by atoms with Gasteiger partial charge in [-0.25, -0.2) is 14.8 Å². The van der Waals surface area contributed by atoms with Gasteiger partial charge in [-0.3, -0.25) is 9.59 Å². The van der Waals surface area contributed by atoms with Crippen molar-refractivity contribution in [3.05, 3.63) is 41.2 Å². The van der Waals surface area contributed by atoms with Gasteiger partial charge in [-0.15, -0.1) is 0 Å². The van der Waals surface area contributed by atoms with E-state index in [0.29, 0.717) is 34.8 Å². The number of aromatic nitrogens is 4. The number of nitrogens with zero attached hydrogens (tertiary/aromatic N) is 4. The Hall–Kier alpha value is -4.55. The number of hydrogen-bond acceptors (Lipinski definition) is 10. The predicted octanol–water partition coefficient (Wildman–Crippen LogP) is 0.553. The van der Waals surface area contributed by atoms with E-state index in [4.69, 9.17) is 16.6 Å². The van der Waals surface area contributed by atoms with Crippen LogP contribution in [0.2, 0.25) is 0 Å². The number of nitrogens with one attached hydrogen (secondary N) is 2. The summed E-state index contributed by atoms with van der Waals surface area (Å²) < 4.78 is 0. The Bertz CT molecular complexity index is 1220. The molecule has 0 fully saturated rings. The van der Waals surface area contributed by atoms with Crippen molar-refractivity contribution in [3.8, 4) is 0 Å². The van der Waals surface area contributed by atoms with Gasteiger partial charge in [0.05, 0.1) is 17.9 Å². The number of carbonyl (C=O) groups is 3. The molecule has 3 aromatic rings. The minimum absolute atomic E-state index is 0.0141. The van der Waals surface area contributed by atoms with Crippen LogP contribution in [-0.4, -0.2) is 54.0 Å². The Morgan fingerprint density at radius 2 is 1.73 bits per heavy atom. The first-order valence-electron chi connectivity index (χ1n) is 9.79. The number of anilines is 3. The van der Waals surface area contributed by atoms with Crippen LogP contribution in [0.25, 0.3) is 11.2 Å². The Morgan fingerprint density at radius 3 is 2.36 bits per heavy atom. The van der Waals surface area contributed by atoms with Crippen molar-refractivity contribution < 1.29 is 24.6 Å². The molecule has 0 unspecified atom stereocenters. The standard InChI is InChI=1S/C20H22N8O5/c1-9-13(25-15-16(21)27-20(22)28-17(15)24-9)8-23-11-4-2-10(3-5-11)18(31)26-12(19(32)33)6-7-14(29)30/h2-5,12,23H,6-8H2,1H3,(H,26,31)(H,29,30)(H,32,33)(H4,21,22,24,27,28)/t12-/m0/s1. The van der Waals surface area contributed by atoms with Crippen LogP contribution in [0.3, 0.4) is 0 Å². The maximum Gasteiger partial charge on any atom is 0.326 e. The third-order valence-corrected chi connectivity index (χ3v) is 4.71. The molecule has 8 N–H and O–H groups in total. The van der Waals surface area contributed by atoms with Crippen molar-refractivity contribution in [2.75, 3.05) is 16.8 Å². The third kappa shape index (κ3) is 5.78. The number of nitrogen functional groups attached to an aromatic ring is 2. The summed E-state index contributed by atoms with van der Waals surface area (Å²) in [6.07, 6.45) is -0.591. The minimum atomic E-state index is -1.30. The molecule has 1 aromatic carbocycles. The first kappa shape index (κ1) is 23.1. The van der Waals surface area contributed by atoms with E-state index in [9.17, 15) is 19.5 Å². The summed E-state index contributed by atoms with van der Waals surface area (Å²) in [6, 6.07) is 5.02. The van der Waals surface area contributed by atoms with Crippen LogP contribution in [0.4, 0.5) is 17.5 Å². The van der Waals surface area contributed by atoms with Crippen LogP contribution in [0.15, 0.2) is 24.3 Å². The zero-order valence-corrected chi connectivity index (χ0v) is 17.6. The molecule has 1 amide bonds. The van der Waals surface area contributed by atoms with Gasteiger partial charge in [0.25, 0.3) is 5.91 Å². The number of carbonyl (C=O) groups excluding carboxylic acids is 1. The molecule has 0 aliphatic carbocycles. The fourth-order valence-electron chi connectivity index (χ4n) is 2.96. The molecule has 0 spiro atoms. The van der Waals surface area contributed by atoms with Crippen LogP contribution >= 0.6 is 0 Å². The average molecular weight is 454 g/mol. The highest BCUT2D eigenvalue weighted by molar-refractivity contribution is 5.97. The SMILES string of the molecule is Cc1nc2nc(N)nc(N)c2nc1CNc1ccc(C(=O)N[C@@H](CCC(=O)O)C(=O)O)cc1. The van der Waals surface area contributed by atoms with E-state index in [1.54, 1.807) is 19.1 Å². The van der Waals surface area contributed by atoms with Crippen molar-refractivity contribution in [3.63, 3.8) is 0 Å². The van der Waals surface area contributed by atoms with Gasteiger partial charge in [0.2, 0.25) is 5.95 Å². The van der Waals surface area contributed by atoms with E-state index < -0.39 is 23.9 Å². The summed E-state index contributed by atoms with van der Waals surface area (Å²) in [5.74, 6) is -2.92. The zero-order valence-electron chi connectivity index (χ0n) is 17.6. The second-order valence-electron chi connectivity index (χ2n) is 7.12. The maximum atomic E-state index is 12.3. The molecule has 172 valence electrons. The lowest BCUT2D eigenvalue weighted by molar-refractivity contribution is -0.140. The van der Waals surface area contributed by atoms with Crippen LogP contribution < -0.4 is 22.1 Å². The summed E-state index contributed by atoms with van der Waals surface area (Å²) in [7, 11) is 0. The zero-order chi connectivity index (χ0) is 24.1. The fraction of sp³-hybridized carbons (Fsp3) is 0.250. The lowest BCUT2D eigenvalue weighted by atomic mass is 10.1. The number of nitrogens with two attached hydrogens (primary N) is 2. The van der Waals surface area contributed by atoms with E-state index in [1.165, 1.54) is 12.1 Å². The molecule has 0 aliphatic heterocycles. The molecule has 2 heterocycles. The van der Waals surface area contributed by atoms with Crippen molar-refractivity contribution >= 4 is 46.5 Å². The van der Waals surface area contributed by atoms with Crippen molar-refractivity contribution in [1.29, 1.82) is 0 Å². The van der Waals surface area contributed by atoms with Crippen molar-refractivity contribution in [1.82, 2.24) is 25.3 Å². The number of benzene rings is 1. The van der Waals surface area contributed by atoms with E-state index in [2.05, 4.69) is 30.6 Å². The van der Waals surface area contributed by atoms with Gasteiger partial charge >= 0.3 is 11.9 Å². The van der Waals surface area contributed by atoms with E-state index in [0.717, 1.165) is 0 Å². The highest BCUT2D eigenvalue weighted by atomic mass is 16.4. The minimum Gasteiger partial charge on any atom is -0.481 e. The van der Waals surface area contributed by atoms with Gasteiger partial charge in [0, 0.05) is 17.7 Å². The number of carboxylic acid groups (broad SMARTS) is 2. The summed E-state index contributed by atoms with van der Waals surface area (Å²) >= 11 is 0. The van der Waals surface area contributed by atoms with Crippen LogP contribution in [0, 0.1) is 6.92 Å². The largest absolute Gasteiger partial charge is 0.481 e. The normalized spacial score (nSPS) is 11.7. The molecule has 3 rings (SSSR count). The lowest BCUT2D eigenvalue weighted by Gasteiger charge is -2.14. The molecule has 13 nitrogen and oxygen atoms in total. The third-order valence-electron chi connectivity index (χ3n) is 4.71. The second-order valence-corrected chi connectivity index (χ2v) is 7.12. The van der Waals surface area contributed by atoms with E-state index >= 15 is 0 Å². The number of hydrogen-bond donors (Lipinski definition) is 6. The monoisotopic (exact) mass is 454 g/mol. The number of carboxylic acids is 2. The van der Waals surface area contributed by atoms with Gasteiger partial charge in [-0.05, 0) is 37.6 Å². The topological polar surface area (TPSA) is 219 Å². The quantitative estimate of drug-likeness (QED) is 0.261. The van der Waals surface area contributed by atoms with E-state index in [-0.39, 0.29) is 30.2 Å². The number of fused-ring (bicyclic) bond motifs is 1. The summed E-state index contributed by atoms with van der Waals surface area (Å²) in [4.78, 5) is 51.0. The fourth-order valence-corrected chi connectivity index (χ4v) is 2.96. The number of aliphatic carboxylic acids is 2. The molecule has 0 radical (unpaired) electrons. The molecule has 0 saturated carbocycles. The molecule has 0 bridgehead atoms. The first-order chi connectivity index (χ1) is 15.6. The van der Waals surface area contributed by atoms with Gasteiger partial charge in [-0.1, -0.05) is 0 Å². The molecule has 13 heteroatoms. The summed E-state index contributed by atoms with van der Waals surface area (Å²) in [5, 5.41) is 23.4. The van der Waals surface area contributed by atoms with Crippen molar-refractivity contribution in [2.45, 2.75) is 32.4 Å². The predicted molar refractivity (Wildman–Crippen MR) is 118 cm³/mol.